The molecule has 0 bridgehead atoms. The smallest absolute Gasteiger partial charge is 0.218 e. The second-order valence-electron chi connectivity index (χ2n) is 2.74. The van der Waals surface area contributed by atoms with E-state index in [1.54, 1.807) is 7.11 Å². The number of nitrogens with two attached hydrogens (primary N) is 3. The van der Waals surface area contributed by atoms with Crippen molar-refractivity contribution in [1.29, 1.82) is 0 Å². The van der Waals surface area contributed by atoms with E-state index in [-0.39, 0.29) is 11.9 Å². The molecule has 0 radical (unpaired) electrons. The van der Waals surface area contributed by atoms with E-state index >= 15 is 0 Å². The molecule has 0 aliphatic heterocycles. The van der Waals surface area contributed by atoms with Crippen LogP contribution in [0.4, 0.5) is 0 Å². The van der Waals surface area contributed by atoms with E-state index in [2.05, 4.69) is 9.98 Å². The van der Waals surface area contributed by atoms with Crippen molar-refractivity contribution < 1.29 is 9.47 Å². The van der Waals surface area contributed by atoms with Crippen molar-refractivity contribution in [3.63, 3.8) is 0 Å². The van der Waals surface area contributed by atoms with Crippen LogP contribution in [0.5, 0.6) is 0 Å². The van der Waals surface area contributed by atoms with Gasteiger partial charge in [0, 0.05) is 20.3 Å². The molecule has 15 heavy (non-hydrogen) atoms. The summed E-state index contributed by atoms with van der Waals surface area (Å²) in [4.78, 5) is 7.48. The van der Waals surface area contributed by atoms with Gasteiger partial charge in [-0.05, 0) is 6.42 Å². The molecule has 6 N–H and O–H groups in total. The van der Waals surface area contributed by atoms with E-state index in [0.717, 1.165) is 6.42 Å². The topological polar surface area (TPSA) is 121 Å². The Hall–Kier alpha value is -1.34. The highest BCUT2D eigenvalue weighted by atomic mass is 16.5. The molecule has 0 rings (SSSR count). The molecule has 0 amide bonds. The van der Waals surface area contributed by atoms with Crippen molar-refractivity contribution in [2.24, 2.45) is 27.2 Å². The van der Waals surface area contributed by atoms with E-state index in [1.165, 1.54) is 0 Å². The Morgan fingerprint density at radius 3 is 2.47 bits per heavy atom. The predicted octanol–water partition coefficient (Wildman–Crippen LogP) is -1.37. The van der Waals surface area contributed by atoms with Crippen LogP contribution in [0.25, 0.3) is 0 Å². The van der Waals surface area contributed by atoms with Gasteiger partial charge in [0.05, 0.1) is 13.2 Å². The zero-order valence-electron chi connectivity index (χ0n) is 8.98. The van der Waals surface area contributed by atoms with Crippen LogP contribution in [0.3, 0.4) is 0 Å². The van der Waals surface area contributed by atoms with E-state index in [1.807, 2.05) is 0 Å². The van der Waals surface area contributed by atoms with Gasteiger partial charge in [-0.15, -0.1) is 0 Å². The summed E-state index contributed by atoms with van der Waals surface area (Å²) in [5, 5.41) is 0. The Labute approximate surface area is 89.3 Å². The quantitative estimate of drug-likeness (QED) is 0.276. The van der Waals surface area contributed by atoms with Crippen molar-refractivity contribution in [2.75, 3.05) is 33.5 Å². The van der Waals surface area contributed by atoms with Gasteiger partial charge in [0.25, 0.3) is 0 Å². The number of methoxy groups -OCH3 is 1. The molecule has 0 atom stereocenters. The number of hydrogen-bond acceptors (Lipinski definition) is 3. The third-order valence-electron chi connectivity index (χ3n) is 1.40. The van der Waals surface area contributed by atoms with Crippen LogP contribution in [0, 0.1) is 0 Å². The first kappa shape index (κ1) is 13.7. The van der Waals surface area contributed by atoms with E-state index in [4.69, 9.17) is 26.7 Å². The molecule has 0 saturated carbocycles. The van der Waals surface area contributed by atoms with Crippen molar-refractivity contribution in [2.45, 2.75) is 6.42 Å². The summed E-state index contributed by atoms with van der Waals surface area (Å²) in [7, 11) is 1.63. The molecular weight excluding hydrogens is 198 g/mol. The molecule has 0 aromatic heterocycles. The standard InChI is InChI=1S/C8H19N5O2/c1-14-5-6-15-4-2-3-12-8(11)13-7(9)10/h2-6H2,1H3,(H6,9,10,11,12,13). The monoisotopic (exact) mass is 217 g/mol. The highest BCUT2D eigenvalue weighted by molar-refractivity contribution is 5.92. The lowest BCUT2D eigenvalue weighted by Gasteiger charge is -2.01. The normalized spacial score (nSPS) is 11.4. The maximum absolute atomic E-state index is 5.38. The fourth-order valence-corrected chi connectivity index (χ4v) is 0.772. The average molecular weight is 217 g/mol. The third kappa shape index (κ3) is 10.6. The average Bonchev–Trinajstić information content (AvgIpc) is 2.15. The zero-order chi connectivity index (χ0) is 11.5. The fourth-order valence-electron chi connectivity index (χ4n) is 0.772. The number of hydrogen-bond donors (Lipinski definition) is 3. The number of ether oxygens (including phenoxy) is 2. The zero-order valence-corrected chi connectivity index (χ0v) is 8.98. The molecule has 0 heterocycles. The van der Waals surface area contributed by atoms with Gasteiger partial charge in [-0.3, -0.25) is 4.99 Å². The third-order valence-corrected chi connectivity index (χ3v) is 1.40. The van der Waals surface area contributed by atoms with Crippen LogP contribution in [0.1, 0.15) is 6.42 Å². The van der Waals surface area contributed by atoms with Gasteiger partial charge in [0.1, 0.15) is 0 Å². The molecule has 0 aromatic rings. The SMILES string of the molecule is COCCOCCCN=C(N)N=C(N)N. The van der Waals surface area contributed by atoms with E-state index in [0.29, 0.717) is 26.4 Å². The lowest BCUT2D eigenvalue weighted by Crippen LogP contribution is -2.26. The minimum atomic E-state index is -0.0902. The maximum atomic E-state index is 5.38. The maximum Gasteiger partial charge on any atom is 0.218 e. The Balaban J connectivity index is 3.41. The molecule has 7 heteroatoms. The first-order valence-electron chi connectivity index (χ1n) is 4.63. The van der Waals surface area contributed by atoms with Gasteiger partial charge in [0.15, 0.2) is 5.96 Å². The van der Waals surface area contributed by atoms with Crippen LogP contribution < -0.4 is 17.2 Å². The molecule has 0 fully saturated rings. The van der Waals surface area contributed by atoms with Gasteiger partial charge in [-0.25, -0.2) is 0 Å². The number of guanidine groups is 2. The van der Waals surface area contributed by atoms with E-state index in [9.17, 15) is 0 Å². The minimum Gasteiger partial charge on any atom is -0.382 e. The number of nitrogens with zero attached hydrogens (tertiary/aromatic N) is 2. The Morgan fingerprint density at radius 1 is 1.13 bits per heavy atom. The molecule has 0 aliphatic carbocycles. The molecular formula is C8H19N5O2. The Morgan fingerprint density at radius 2 is 1.87 bits per heavy atom. The molecule has 0 aromatic carbocycles. The van der Waals surface area contributed by atoms with Crippen LogP contribution >= 0.6 is 0 Å². The predicted molar refractivity (Wildman–Crippen MR) is 59.6 cm³/mol. The van der Waals surface area contributed by atoms with Crippen LogP contribution in [-0.2, 0) is 9.47 Å². The van der Waals surface area contributed by atoms with Gasteiger partial charge in [-0.1, -0.05) is 0 Å². The first-order chi connectivity index (χ1) is 7.16. The van der Waals surface area contributed by atoms with E-state index < -0.39 is 0 Å². The molecule has 0 aliphatic rings. The van der Waals surface area contributed by atoms with Crippen LogP contribution in [0.15, 0.2) is 9.98 Å². The summed E-state index contributed by atoms with van der Waals surface area (Å²) >= 11 is 0. The second-order valence-corrected chi connectivity index (χ2v) is 2.74. The second kappa shape index (κ2) is 9.22. The molecule has 0 saturated heterocycles. The summed E-state index contributed by atoms with van der Waals surface area (Å²) in [5.41, 5.74) is 15.6. The van der Waals surface area contributed by atoms with Crippen LogP contribution in [0.2, 0.25) is 0 Å². The fraction of sp³-hybridized carbons (Fsp3) is 0.750. The lowest BCUT2D eigenvalue weighted by molar-refractivity contribution is 0.0702. The van der Waals surface area contributed by atoms with Crippen molar-refractivity contribution >= 4 is 11.9 Å². The largest absolute Gasteiger partial charge is 0.382 e. The van der Waals surface area contributed by atoms with Crippen molar-refractivity contribution in [3.05, 3.63) is 0 Å². The number of rotatable bonds is 7. The summed E-state index contributed by atoms with van der Waals surface area (Å²) < 4.78 is 10.0. The first-order valence-corrected chi connectivity index (χ1v) is 4.63. The highest BCUT2D eigenvalue weighted by Gasteiger charge is 1.90. The van der Waals surface area contributed by atoms with Crippen molar-refractivity contribution in [3.8, 4) is 0 Å². The van der Waals surface area contributed by atoms with Gasteiger partial charge in [-0.2, -0.15) is 4.99 Å². The molecule has 0 unspecified atom stereocenters. The Bertz CT molecular complexity index is 213. The van der Waals surface area contributed by atoms with Crippen LogP contribution in [-0.4, -0.2) is 45.4 Å². The minimum absolute atomic E-state index is 0.0897. The summed E-state index contributed by atoms with van der Waals surface area (Å²) in [6.45, 7) is 2.33. The van der Waals surface area contributed by atoms with Gasteiger partial charge >= 0.3 is 0 Å². The lowest BCUT2D eigenvalue weighted by atomic mass is 10.4. The summed E-state index contributed by atoms with van der Waals surface area (Å²) in [5.74, 6) is -0.000476. The Kier molecular flexibility index (Phi) is 8.40. The highest BCUT2D eigenvalue weighted by Crippen LogP contribution is 1.85. The van der Waals surface area contributed by atoms with Crippen molar-refractivity contribution in [1.82, 2.24) is 0 Å². The summed E-state index contributed by atoms with van der Waals surface area (Å²) in [6.07, 6.45) is 0.768. The summed E-state index contributed by atoms with van der Waals surface area (Å²) in [6, 6.07) is 0. The van der Waals surface area contributed by atoms with Gasteiger partial charge < -0.3 is 26.7 Å². The van der Waals surface area contributed by atoms with Gasteiger partial charge in [0.2, 0.25) is 5.96 Å². The molecule has 0 spiro atoms. The molecule has 7 nitrogen and oxygen atoms in total. The number of aliphatic imine (C=N–C) groups is 2. The molecule has 88 valence electrons.